The molecule has 1 fully saturated rings. The lowest BCUT2D eigenvalue weighted by Gasteiger charge is -2.15. The molecule has 2 N–H and O–H groups in total. The summed E-state index contributed by atoms with van der Waals surface area (Å²) in [5.74, 6) is -0.0987. The van der Waals surface area contributed by atoms with Crippen LogP contribution >= 0.6 is 0 Å². The molecule has 1 aliphatic heterocycles. The van der Waals surface area contributed by atoms with Crippen LogP contribution in [0.5, 0.6) is 5.75 Å². The lowest BCUT2D eigenvalue weighted by molar-refractivity contribution is -0.385. The van der Waals surface area contributed by atoms with Crippen LogP contribution in [0.2, 0.25) is 0 Å². The second-order valence-electron chi connectivity index (χ2n) is 4.44. The van der Waals surface area contributed by atoms with E-state index in [-0.39, 0.29) is 28.9 Å². The molecule has 1 aromatic rings. The Morgan fingerprint density at radius 3 is 2.84 bits per heavy atom. The fraction of sp³-hybridized carbons (Fsp3) is 0.417. The molecule has 0 bridgehead atoms. The lowest BCUT2D eigenvalue weighted by atomic mass is 10.1. The number of nitrogens with zero attached hydrogens (tertiary/aromatic N) is 2. The summed E-state index contributed by atoms with van der Waals surface area (Å²) < 4.78 is 4.90. The van der Waals surface area contributed by atoms with E-state index in [9.17, 15) is 14.9 Å². The first-order valence-corrected chi connectivity index (χ1v) is 5.90. The number of likely N-dealkylation sites (tertiary alicyclic amines) is 1. The number of benzene rings is 1. The molecule has 0 spiro atoms. The topological polar surface area (TPSA) is 98.7 Å². The fourth-order valence-corrected chi connectivity index (χ4v) is 2.12. The van der Waals surface area contributed by atoms with Crippen molar-refractivity contribution in [3.63, 3.8) is 0 Å². The molecule has 7 heteroatoms. The van der Waals surface area contributed by atoms with Crippen LogP contribution < -0.4 is 10.5 Å². The van der Waals surface area contributed by atoms with Crippen LogP contribution in [0.25, 0.3) is 0 Å². The van der Waals surface area contributed by atoms with Crippen LogP contribution in [0.3, 0.4) is 0 Å². The van der Waals surface area contributed by atoms with Gasteiger partial charge in [0.05, 0.1) is 12.0 Å². The number of nitrogens with two attached hydrogens (primary N) is 1. The first-order chi connectivity index (χ1) is 9.02. The van der Waals surface area contributed by atoms with Crippen LogP contribution in [0.1, 0.15) is 16.8 Å². The zero-order valence-corrected chi connectivity index (χ0v) is 10.5. The molecule has 0 radical (unpaired) electrons. The number of carbonyl (C=O) groups excluding carboxylic acids is 1. The van der Waals surface area contributed by atoms with Gasteiger partial charge in [-0.1, -0.05) is 0 Å². The van der Waals surface area contributed by atoms with E-state index in [1.807, 2.05) is 0 Å². The third-order valence-corrected chi connectivity index (χ3v) is 3.13. The average molecular weight is 265 g/mol. The number of rotatable bonds is 3. The summed E-state index contributed by atoms with van der Waals surface area (Å²) in [4.78, 5) is 24.1. The summed E-state index contributed by atoms with van der Waals surface area (Å²) in [7, 11) is 1.35. The number of ether oxygens (including phenoxy) is 1. The molecular weight excluding hydrogens is 250 g/mol. The van der Waals surface area contributed by atoms with Crippen LogP contribution in [0.4, 0.5) is 5.69 Å². The summed E-state index contributed by atoms with van der Waals surface area (Å²) in [5, 5.41) is 10.9. The maximum absolute atomic E-state index is 12.2. The van der Waals surface area contributed by atoms with E-state index >= 15 is 0 Å². The number of hydrogen-bond donors (Lipinski definition) is 1. The lowest BCUT2D eigenvalue weighted by Crippen LogP contribution is -2.31. The van der Waals surface area contributed by atoms with Gasteiger partial charge < -0.3 is 15.4 Å². The normalized spacial score (nSPS) is 18.4. The molecule has 19 heavy (non-hydrogen) atoms. The zero-order valence-electron chi connectivity index (χ0n) is 10.5. The highest BCUT2D eigenvalue weighted by Crippen LogP contribution is 2.28. The van der Waals surface area contributed by atoms with Crippen molar-refractivity contribution in [1.29, 1.82) is 0 Å². The largest absolute Gasteiger partial charge is 0.490 e. The van der Waals surface area contributed by atoms with Crippen molar-refractivity contribution in [2.45, 2.75) is 12.5 Å². The highest BCUT2D eigenvalue weighted by molar-refractivity contribution is 5.95. The van der Waals surface area contributed by atoms with Gasteiger partial charge in [-0.05, 0) is 18.6 Å². The van der Waals surface area contributed by atoms with E-state index in [1.165, 1.54) is 25.3 Å². The number of hydrogen-bond acceptors (Lipinski definition) is 5. The van der Waals surface area contributed by atoms with Gasteiger partial charge in [0.25, 0.3) is 5.91 Å². The minimum Gasteiger partial charge on any atom is -0.490 e. The Morgan fingerprint density at radius 1 is 1.58 bits per heavy atom. The minimum absolute atomic E-state index is 0.0165. The van der Waals surface area contributed by atoms with Crippen molar-refractivity contribution in [2.75, 3.05) is 20.2 Å². The number of amides is 1. The Kier molecular flexibility index (Phi) is 3.66. The maximum Gasteiger partial charge on any atom is 0.311 e. The van der Waals surface area contributed by atoms with Crippen molar-refractivity contribution >= 4 is 11.6 Å². The monoisotopic (exact) mass is 265 g/mol. The van der Waals surface area contributed by atoms with Gasteiger partial charge in [-0.15, -0.1) is 0 Å². The third-order valence-electron chi connectivity index (χ3n) is 3.13. The molecule has 7 nitrogen and oxygen atoms in total. The van der Waals surface area contributed by atoms with Crippen molar-refractivity contribution in [3.8, 4) is 5.75 Å². The SMILES string of the molecule is COc1ccc(C(=O)N2CC[C@H](N)C2)cc1[N+](=O)[O-]. The molecule has 1 heterocycles. The van der Waals surface area contributed by atoms with E-state index in [1.54, 1.807) is 4.90 Å². The van der Waals surface area contributed by atoms with Gasteiger partial charge in [0.2, 0.25) is 0 Å². The summed E-state index contributed by atoms with van der Waals surface area (Å²) in [6, 6.07) is 4.18. The molecule has 0 saturated carbocycles. The van der Waals surface area contributed by atoms with Gasteiger partial charge in [-0.3, -0.25) is 14.9 Å². The minimum atomic E-state index is -0.564. The molecule has 0 aromatic heterocycles. The van der Waals surface area contributed by atoms with Crippen LogP contribution in [0, 0.1) is 10.1 Å². The van der Waals surface area contributed by atoms with Gasteiger partial charge in [0.15, 0.2) is 5.75 Å². The number of nitro benzene ring substituents is 1. The standard InChI is InChI=1S/C12H15N3O4/c1-19-11-3-2-8(6-10(11)15(17)18)12(16)14-5-4-9(13)7-14/h2-3,6,9H,4-5,7,13H2,1H3/t9-/m0/s1. The highest BCUT2D eigenvalue weighted by atomic mass is 16.6. The fourth-order valence-electron chi connectivity index (χ4n) is 2.12. The Bertz CT molecular complexity index is 518. The first-order valence-electron chi connectivity index (χ1n) is 5.90. The second-order valence-corrected chi connectivity index (χ2v) is 4.44. The van der Waals surface area contributed by atoms with Crippen LogP contribution in [0.15, 0.2) is 18.2 Å². The van der Waals surface area contributed by atoms with Gasteiger partial charge in [-0.25, -0.2) is 0 Å². The number of carbonyl (C=O) groups is 1. The first kappa shape index (κ1) is 13.3. The molecule has 0 aliphatic carbocycles. The number of methoxy groups -OCH3 is 1. The molecule has 1 atom stereocenters. The Morgan fingerprint density at radius 2 is 2.32 bits per heavy atom. The van der Waals surface area contributed by atoms with Crippen LogP contribution in [-0.4, -0.2) is 42.0 Å². The molecule has 102 valence electrons. The predicted octanol–water partition coefficient (Wildman–Crippen LogP) is 0.777. The summed E-state index contributed by atoms with van der Waals surface area (Å²) >= 11 is 0. The van der Waals surface area contributed by atoms with E-state index < -0.39 is 4.92 Å². The molecule has 0 unspecified atom stereocenters. The van der Waals surface area contributed by atoms with E-state index in [0.717, 1.165) is 6.42 Å². The Balaban J connectivity index is 2.28. The molecule has 1 saturated heterocycles. The summed E-state index contributed by atoms with van der Waals surface area (Å²) in [6.45, 7) is 1.07. The zero-order chi connectivity index (χ0) is 14.0. The van der Waals surface area contributed by atoms with E-state index in [4.69, 9.17) is 10.5 Å². The second kappa shape index (κ2) is 5.23. The van der Waals surface area contributed by atoms with Crippen molar-refractivity contribution in [1.82, 2.24) is 4.90 Å². The number of nitro groups is 1. The van der Waals surface area contributed by atoms with Gasteiger partial charge in [0, 0.05) is 30.8 Å². The molecular formula is C12H15N3O4. The predicted molar refractivity (Wildman–Crippen MR) is 68.1 cm³/mol. The Hall–Kier alpha value is -2.15. The average Bonchev–Trinajstić information content (AvgIpc) is 2.83. The Labute approximate surface area is 110 Å². The third kappa shape index (κ3) is 2.65. The molecule has 1 aromatic carbocycles. The van der Waals surface area contributed by atoms with Gasteiger partial charge in [0.1, 0.15) is 0 Å². The van der Waals surface area contributed by atoms with Crippen LogP contribution in [-0.2, 0) is 0 Å². The van der Waals surface area contributed by atoms with E-state index in [2.05, 4.69) is 0 Å². The van der Waals surface area contributed by atoms with Gasteiger partial charge >= 0.3 is 5.69 Å². The van der Waals surface area contributed by atoms with Crippen molar-refractivity contribution in [3.05, 3.63) is 33.9 Å². The maximum atomic E-state index is 12.2. The summed E-state index contributed by atoms with van der Waals surface area (Å²) in [5.41, 5.74) is 5.81. The quantitative estimate of drug-likeness (QED) is 0.643. The molecule has 1 amide bonds. The molecule has 2 rings (SSSR count). The van der Waals surface area contributed by atoms with Gasteiger partial charge in [-0.2, -0.15) is 0 Å². The molecule has 1 aliphatic rings. The summed E-state index contributed by atoms with van der Waals surface area (Å²) in [6.07, 6.45) is 0.754. The van der Waals surface area contributed by atoms with Crippen molar-refractivity contribution in [2.24, 2.45) is 5.73 Å². The smallest absolute Gasteiger partial charge is 0.311 e. The highest BCUT2D eigenvalue weighted by Gasteiger charge is 2.26. The van der Waals surface area contributed by atoms with Crippen molar-refractivity contribution < 1.29 is 14.5 Å². The van der Waals surface area contributed by atoms with E-state index in [0.29, 0.717) is 13.1 Å².